The Morgan fingerprint density at radius 2 is 1.34 bits per heavy atom. The predicted octanol–water partition coefficient (Wildman–Crippen LogP) is 5.69. The number of benzene rings is 3. The molecule has 4 nitrogen and oxygen atoms in total. The number of alkyl halides is 3. The van der Waals surface area contributed by atoms with Crippen LogP contribution in [0.2, 0.25) is 0 Å². The molecular formula is C21H14F3NO3S. The van der Waals surface area contributed by atoms with Crippen LogP contribution in [0.3, 0.4) is 0 Å². The molecule has 3 aromatic carbocycles. The first kappa shape index (κ1) is 19.1. The highest BCUT2D eigenvalue weighted by atomic mass is 32.2. The fraction of sp³-hybridized carbons (Fsp3) is 0.0476. The minimum absolute atomic E-state index is 0.0682. The third-order valence-corrected chi connectivity index (χ3v) is 6.07. The van der Waals surface area contributed by atoms with Crippen LogP contribution in [0.5, 0.6) is 11.5 Å². The third-order valence-electron chi connectivity index (χ3n) is 4.36. The molecule has 0 unspecified atom stereocenters. The largest absolute Gasteiger partial charge is 0.457 e. The zero-order valence-corrected chi connectivity index (χ0v) is 15.6. The minimum atomic E-state index is -4.42. The molecule has 148 valence electrons. The van der Waals surface area contributed by atoms with E-state index in [1.165, 1.54) is 46.6 Å². The molecule has 0 fully saturated rings. The highest BCUT2D eigenvalue weighted by molar-refractivity contribution is 7.90. The number of fused-ring (bicyclic) bond motifs is 1. The number of hydrogen-bond acceptors (Lipinski definition) is 3. The van der Waals surface area contributed by atoms with Gasteiger partial charge in [0.2, 0.25) is 0 Å². The van der Waals surface area contributed by atoms with Crippen LogP contribution >= 0.6 is 0 Å². The van der Waals surface area contributed by atoms with E-state index in [9.17, 15) is 21.6 Å². The van der Waals surface area contributed by atoms with Gasteiger partial charge in [-0.3, -0.25) is 0 Å². The Bertz CT molecular complexity index is 1260. The molecule has 0 spiro atoms. The van der Waals surface area contributed by atoms with Gasteiger partial charge >= 0.3 is 6.18 Å². The second kappa shape index (κ2) is 6.97. The highest BCUT2D eigenvalue weighted by Crippen LogP contribution is 2.31. The van der Waals surface area contributed by atoms with Crippen LogP contribution in [-0.4, -0.2) is 12.4 Å². The van der Waals surface area contributed by atoms with Crippen LogP contribution in [0.25, 0.3) is 10.9 Å². The average molecular weight is 417 g/mol. The number of rotatable bonds is 4. The Labute approximate surface area is 164 Å². The van der Waals surface area contributed by atoms with Gasteiger partial charge in [0.1, 0.15) is 11.5 Å². The Hall–Kier alpha value is -3.26. The summed E-state index contributed by atoms with van der Waals surface area (Å²) in [6, 6.07) is 18.8. The molecular weight excluding hydrogens is 403 g/mol. The molecule has 29 heavy (non-hydrogen) atoms. The SMILES string of the molecule is O=S(=O)(c1ccc(Oc2ccc(C(F)(F)F)cc2)cc1)n1ccc2ccccc21. The molecule has 0 aliphatic carbocycles. The van der Waals surface area contributed by atoms with Crippen LogP contribution in [0.4, 0.5) is 13.2 Å². The van der Waals surface area contributed by atoms with E-state index in [2.05, 4.69) is 0 Å². The van der Waals surface area contributed by atoms with Crippen molar-refractivity contribution >= 4 is 20.9 Å². The lowest BCUT2D eigenvalue weighted by molar-refractivity contribution is -0.137. The number of para-hydroxylation sites is 1. The summed E-state index contributed by atoms with van der Waals surface area (Å²) in [4.78, 5) is 0.0682. The van der Waals surface area contributed by atoms with Crippen LogP contribution in [0.1, 0.15) is 5.56 Å². The van der Waals surface area contributed by atoms with Gasteiger partial charge in [0.25, 0.3) is 10.0 Å². The van der Waals surface area contributed by atoms with Gasteiger partial charge in [-0.25, -0.2) is 12.4 Å². The first-order valence-corrected chi connectivity index (χ1v) is 9.96. The standard InChI is InChI=1S/C21H14F3NO3S/c22-21(23,24)16-5-7-17(8-6-16)28-18-9-11-19(12-10-18)29(26,27)25-14-13-15-3-1-2-4-20(15)25/h1-14H. The molecule has 4 rings (SSSR count). The predicted molar refractivity (Wildman–Crippen MR) is 102 cm³/mol. The summed E-state index contributed by atoms with van der Waals surface area (Å²) in [5, 5.41) is 0.804. The van der Waals surface area contributed by atoms with Crippen molar-refractivity contribution in [1.82, 2.24) is 3.97 Å². The Balaban J connectivity index is 1.57. The van der Waals surface area contributed by atoms with Gasteiger partial charge < -0.3 is 4.74 Å². The second-order valence-electron chi connectivity index (χ2n) is 6.27. The van der Waals surface area contributed by atoms with E-state index in [1.807, 2.05) is 12.1 Å². The number of hydrogen-bond donors (Lipinski definition) is 0. The Kier molecular flexibility index (Phi) is 4.58. The molecule has 0 bridgehead atoms. The minimum Gasteiger partial charge on any atom is -0.457 e. The smallest absolute Gasteiger partial charge is 0.416 e. The van der Waals surface area contributed by atoms with Crippen molar-refractivity contribution < 1.29 is 26.3 Å². The van der Waals surface area contributed by atoms with Gasteiger partial charge in [-0.2, -0.15) is 13.2 Å². The lowest BCUT2D eigenvalue weighted by Crippen LogP contribution is -2.11. The summed E-state index contributed by atoms with van der Waals surface area (Å²) in [5.74, 6) is 0.520. The summed E-state index contributed by atoms with van der Waals surface area (Å²) in [7, 11) is -3.80. The molecule has 4 aromatic rings. The van der Waals surface area contributed by atoms with E-state index in [0.717, 1.165) is 17.5 Å². The van der Waals surface area contributed by atoms with E-state index in [-0.39, 0.29) is 10.6 Å². The number of aromatic nitrogens is 1. The third kappa shape index (κ3) is 3.71. The molecule has 0 radical (unpaired) electrons. The summed E-state index contributed by atoms with van der Waals surface area (Å²) < 4.78 is 70.4. The van der Waals surface area contributed by atoms with Crippen molar-refractivity contribution in [3.8, 4) is 11.5 Å². The molecule has 0 N–H and O–H groups in total. The lowest BCUT2D eigenvalue weighted by atomic mass is 10.2. The monoisotopic (exact) mass is 417 g/mol. The summed E-state index contributed by atoms with van der Waals surface area (Å²) in [6.07, 6.45) is -2.93. The number of halogens is 3. The second-order valence-corrected chi connectivity index (χ2v) is 8.09. The summed E-state index contributed by atoms with van der Waals surface area (Å²) in [5.41, 5.74) is -0.206. The van der Waals surface area contributed by atoms with Crippen molar-refractivity contribution in [2.24, 2.45) is 0 Å². The summed E-state index contributed by atoms with van der Waals surface area (Å²) >= 11 is 0. The van der Waals surface area contributed by atoms with Gasteiger partial charge in [0.05, 0.1) is 16.0 Å². The first-order valence-electron chi connectivity index (χ1n) is 8.52. The zero-order valence-electron chi connectivity index (χ0n) is 14.8. The Morgan fingerprint density at radius 3 is 1.97 bits per heavy atom. The molecule has 0 saturated carbocycles. The highest BCUT2D eigenvalue weighted by Gasteiger charge is 2.30. The van der Waals surface area contributed by atoms with E-state index >= 15 is 0 Å². The van der Waals surface area contributed by atoms with Crippen LogP contribution in [0, 0.1) is 0 Å². The first-order chi connectivity index (χ1) is 13.7. The average Bonchev–Trinajstić information content (AvgIpc) is 3.13. The maximum atomic E-state index is 12.9. The molecule has 8 heteroatoms. The number of ether oxygens (including phenoxy) is 1. The number of nitrogens with zero attached hydrogens (tertiary/aromatic N) is 1. The van der Waals surface area contributed by atoms with E-state index in [4.69, 9.17) is 4.74 Å². The van der Waals surface area contributed by atoms with Crippen molar-refractivity contribution in [2.75, 3.05) is 0 Å². The molecule has 0 aliphatic rings. The Morgan fingerprint density at radius 1 is 0.759 bits per heavy atom. The molecule has 1 aromatic heterocycles. The van der Waals surface area contributed by atoms with Gasteiger partial charge in [-0.15, -0.1) is 0 Å². The van der Waals surface area contributed by atoms with Gasteiger partial charge in [0, 0.05) is 11.6 Å². The van der Waals surface area contributed by atoms with Crippen molar-refractivity contribution in [1.29, 1.82) is 0 Å². The van der Waals surface area contributed by atoms with E-state index in [1.54, 1.807) is 18.2 Å². The van der Waals surface area contributed by atoms with E-state index in [0.29, 0.717) is 11.3 Å². The van der Waals surface area contributed by atoms with Crippen LogP contribution in [0.15, 0.2) is 90.0 Å². The van der Waals surface area contributed by atoms with Gasteiger partial charge in [-0.05, 0) is 60.7 Å². The van der Waals surface area contributed by atoms with Crippen molar-refractivity contribution in [3.05, 3.63) is 90.6 Å². The maximum absolute atomic E-state index is 12.9. The normalized spacial score (nSPS) is 12.2. The topological polar surface area (TPSA) is 48.3 Å². The van der Waals surface area contributed by atoms with Crippen molar-refractivity contribution in [3.63, 3.8) is 0 Å². The van der Waals surface area contributed by atoms with Gasteiger partial charge in [-0.1, -0.05) is 18.2 Å². The summed E-state index contributed by atoms with van der Waals surface area (Å²) in [6.45, 7) is 0. The van der Waals surface area contributed by atoms with Crippen LogP contribution in [-0.2, 0) is 16.2 Å². The van der Waals surface area contributed by atoms with Gasteiger partial charge in [0.15, 0.2) is 0 Å². The fourth-order valence-corrected chi connectivity index (χ4v) is 4.26. The fourth-order valence-electron chi connectivity index (χ4n) is 2.91. The molecule has 0 saturated heterocycles. The van der Waals surface area contributed by atoms with Crippen molar-refractivity contribution in [2.45, 2.75) is 11.1 Å². The maximum Gasteiger partial charge on any atom is 0.416 e. The quantitative estimate of drug-likeness (QED) is 0.429. The van der Waals surface area contributed by atoms with E-state index < -0.39 is 21.8 Å². The van der Waals surface area contributed by atoms with Crippen LogP contribution < -0.4 is 4.74 Å². The molecule has 0 atom stereocenters. The molecule has 0 amide bonds. The molecule has 0 aliphatic heterocycles. The zero-order chi connectivity index (χ0) is 20.6. The lowest BCUT2D eigenvalue weighted by Gasteiger charge is -2.10. The molecule has 1 heterocycles.